The summed E-state index contributed by atoms with van der Waals surface area (Å²) in [6.07, 6.45) is 5.22. The minimum absolute atomic E-state index is 0.0207. The summed E-state index contributed by atoms with van der Waals surface area (Å²) >= 11 is 5.95. The Kier molecular flexibility index (Phi) is 11.1. The second-order valence-electron chi connectivity index (χ2n) is 9.63. The van der Waals surface area contributed by atoms with E-state index in [4.69, 9.17) is 16.3 Å². The van der Waals surface area contributed by atoms with Crippen LogP contribution in [0.5, 0.6) is 0 Å². The van der Waals surface area contributed by atoms with Crippen molar-refractivity contribution < 1.29 is 14.3 Å². The molecule has 0 saturated heterocycles. The predicted octanol–water partition coefficient (Wildman–Crippen LogP) is 6.82. The van der Waals surface area contributed by atoms with Gasteiger partial charge in [-0.2, -0.15) is 0 Å². The maximum absolute atomic E-state index is 12.8. The molecule has 0 saturated carbocycles. The lowest BCUT2D eigenvalue weighted by Gasteiger charge is -2.20. The van der Waals surface area contributed by atoms with Gasteiger partial charge in [0.15, 0.2) is 0 Å². The number of hydrogen-bond donors (Lipinski definition) is 0. The topological polar surface area (TPSA) is 49.9 Å². The Morgan fingerprint density at radius 2 is 1.61 bits per heavy atom. The molecule has 3 aromatic carbocycles. The summed E-state index contributed by atoms with van der Waals surface area (Å²) < 4.78 is 5.65. The molecule has 1 amide bonds. The van der Waals surface area contributed by atoms with Crippen molar-refractivity contribution in [2.75, 3.05) is 34.2 Å². The second-order valence-corrected chi connectivity index (χ2v) is 10.1. The van der Waals surface area contributed by atoms with E-state index in [0.29, 0.717) is 23.6 Å². The largest absolute Gasteiger partial charge is 0.457 e. The number of amides is 1. The Bertz CT molecular complexity index is 1220. The van der Waals surface area contributed by atoms with E-state index in [0.717, 1.165) is 35.2 Å². The maximum atomic E-state index is 12.8. The third-order valence-corrected chi connectivity index (χ3v) is 6.57. The SMILES string of the molecule is CC[C@H](OC(=O)C/C=C/Cc1ccc(-c2cccc(C(=O)N(C)CCN(C)C)c2)cc1)c1ccc(Cl)cc1. The first-order valence-electron chi connectivity index (χ1n) is 13.0. The number of hydrogen-bond acceptors (Lipinski definition) is 4. The zero-order chi connectivity index (χ0) is 27.5. The number of halogens is 1. The molecular formula is C32H37ClN2O3. The fourth-order valence-electron chi connectivity index (χ4n) is 4.01. The van der Waals surface area contributed by atoms with Crippen LogP contribution in [0.15, 0.2) is 84.9 Å². The highest BCUT2D eigenvalue weighted by atomic mass is 35.5. The number of allylic oxidation sites excluding steroid dienone is 1. The summed E-state index contributed by atoms with van der Waals surface area (Å²) in [5, 5.41) is 0.661. The van der Waals surface area contributed by atoms with E-state index in [9.17, 15) is 9.59 Å². The van der Waals surface area contributed by atoms with Gasteiger partial charge in [-0.1, -0.05) is 79.2 Å². The van der Waals surface area contributed by atoms with Gasteiger partial charge in [-0.15, -0.1) is 0 Å². The van der Waals surface area contributed by atoms with E-state index in [1.54, 1.807) is 17.0 Å². The van der Waals surface area contributed by atoms with Gasteiger partial charge in [0.2, 0.25) is 0 Å². The van der Waals surface area contributed by atoms with Crippen molar-refractivity contribution in [3.63, 3.8) is 0 Å². The van der Waals surface area contributed by atoms with Crippen molar-refractivity contribution >= 4 is 23.5 Å². The van der Waals surface area contributed by atoms with Crippen LogP contribution >= 0.6 is 11.6 Å². The molecule has 3 rings (SSSR count). The standard InChI is InChI=1S/C32H37ClN2O3/c1-5-30(26-17-19-29(33)20-18-26)38-31(36)12-7-6-9-24-13-15-25(16-14-24)27-10-8-11-28(23-27)32(37)35(4)22-21-34(2)3/h6-8,10-11,13-20,23,30H,5,9,12,21-22H2,1-4H3/b7-6+/t30-/m0/s1. The molecule has 0 fully saturated rings. The van der Waals surface area contributed by atoms with Crippen LogP contribution in [0.4, 0.5) is 0 Å². The molecule has 0 aliphatic heterocycles. The van der Waals surface area contributed by atoms with Gasteiger partial charge in [0, 0.05) is 30.7 Å². The number of benzene rings is 3. The molecule has 0 aliphatic rings. The number of ether oxygens (including phenoxy) is 1. The number of likely N-dealkylation sites (N-methyl/N-ethyl adjacent to an activating group) is 2. The normalized spacial score (nSPS) is 12.1. The lowest BCUT2D eigenvalue weighted by molar-refractivity contribution is -0.148. The Balaban J connectivity index is 1.52. The Morgan fingerprint density at radius 3 is 2.26 bits per heavy atom. The fourth-order valence-corrected chi connectivity index (χ4v) is 4.13. The van der Waals surface area contributed by atoms with Gasteiger partial charge in [0.05, 0.1) is 6.42 Å². The molecule has 0 unspecified atom stereocenters. The number of rotatable bonds is 12. The molecule has 5 nitrogen and oxygen atoms in total. The van der Waals surface area contributed by atoms with Gasteiger partial charge in [0.25, 0.3) is 5.91 Å². The van der Waals surface area contributed by atoms with Crippen LogP contribution in [0.3, 0.4) is 0 Å². The number of esters is 1. The van der Waals surface area contributed by atoms with Gasteiger partial charge < -0.3 is 14.5 Å². The summed E-state index contributed by atoms with van der Waals surface area (Å²) in [7, 11) is 5.83. The first-order chi connectivity index (χ1) is 18.3. The Morgan fingerprint density at radius 1 is 0.895 bits per heavy atom. The van der Waals surface area contributed by atoms with Crippen molar-refractivity contribution in [3.05, 3.63) is 107 Å². The van der Waals surface area contributed by atoms with E-state index >= 15 is 0 Å². The van der Waals surface area contributed by atoms with Gasteiger partial charge in [-0.25, -0.2) is 0 Å². The van der Waals surface area contributed by atoms with Crippen LogP contribution < -0.4 is 0 Å². The minimum atomic E-state index is -0.270. The van der Waals surface area contributed by atoms with Crippen molar-refractivity contribution in [3.8, 4) is 11.1 Å². The number of carbonyl (C=O) groups is 2. The third-order valence-electron chi connectivity index (χ3n) is 6.32. The monoisotopic (exact) mass is 532 g/mol. The number of nitrogens with zero attached hydrogens (tertiary/aromatic N) is 2. The molecule has 0 aliphatic carbocycles. The van der Waals surface area contributed by atoms with Crippen LogP contribution in [0.1, 0.15) is 47.4 Å². The maximum Gasteiger partial charge on any atom is 0.310 e. The summed E-state index contributed by atoms with van der Waals surface area (Å²) in [5.41, 5.74) is 4.83. The summed E-state index contributed by atoms with van der Waals surface area (Å²) in [5.74, 6) is -0.229. The highest BCUT2D eigenvalue weighted by Gasteiger charge is 2.14. The molecular weight excluding hydrogens is 496 g/mol. The lowest BCUT2D eigenvalue weighted by atomic mass is 10.0. The summed E-state index contributed by atoms with van der Waals surface area (Å²) in [6, 6.07) is 23.4. The smallest absolute Gasteiger partial charge is 0.310 e. The van der Waals surface area contributed by atoms with E-state index < -0.39 is 0 Å². The second kappa shape index (κ2) is 14.5. The van der Waals surface area contributed by atoms with Crippen LogP contribution in [-0.2, 0) is 16.0 Å². The molecule has 38 heavy (non-hydrogen) atoms. The Hall–Kier alpha value is -3.41. The van der Waals surface area contributed by atoms with Crippen LogP contribution in [0.25, 0.3) is 11.1 Å². The predicted molar refractivity (Wildman–Crippen MR) is 155 cm³/mol. The molecule has 200 valence electrons. The molecule has 0 aromatic heterocycles. The zero-order valence-electron chi connectivity index (χ0n) is 22.7. The minimum Gasteiger partial charge on any atom is -0.457 e. The third kappa shape index (κ3) is 8.86. The number of carbonyl (C=O) groups excluding carboxylic acids is 2. The van der Waals surface area contributed by atoms with Crippen LogP contribution in [0, 0.1) is 0 Å². The highest BCUT2D eigenvalue weighted by molar-refractivity contribution is 6.30. The van der Waals surface area contributed by atoms with Crippen molar-refractivity contribution in [1.82, 2.24) is 9.80 Å². The average Bonchev–Trinajstić information content (AvgIpc) is 2.93. The van der Waals surface area contributed by atoms with Gasteiger partial charge in [-0.05, 0) is 73.5 Å². The van der Waals surface area contributed by atoms with E-state index in [1.807, 2.05) is 76.6 Å². The molecule has 6 heteroatoms. The summed E-state index contributed by atoms with van der Waals surface area (Å²) in [6.45, 7) is 3.49. The zero-order valence-corrected chi connectivity index (χ0v) is 23.4. The highest BCUT2D eigenvalue weighted by Crippen LogP contribution is 2.24. The van der Waals surface area contributed by atoms with Crippen molar-refractivity contribution in [2.24, 2.45) is 0 Å². The molecule has 1 atom stereocenters. The van der Waals surface area contributed by atoms with Crippen molar-refractivity contribution in [2.45, 2.75) is 32.3 Å². The molecule has 3 aromatic rings. The first-order valence-corrected chi connectivity index (χ1v) is 13.3. The van der Waals surface area contributed by atoms with Gasteiger partial charge in [-0.3, -0.25) is 9.59 Å². The van der Waals surface area contributed by atoms with E-state index in [2.05, 4.69) is 29.2 Å². The fraction of sp³-hybridized carbons (Fsp3) is 0.312. The Labute approximate surface area is 231 Å². The van der Waals surface area contributed by atoms with E-state index in [-0.39, 0.29) is 24.4 Å². The van der Waals surface area contributed by atoms with Gasteiger partial charge >= 0.3 is 5.97 Å². The molecule has 0 spiro atoms. The summed E-state index contributed by atoms with van der Waals surface area (Å²) in [4.78, 5) is 28.9. The first kappa shape index (κ1) is 29.2. The van der Waals surface area contributed by atoms with Gasteiger partial charge in [0.1, 0.15) is 6.10 Å². The molecule has 0 bridgehead atoms. The molecule has 0 radical (unpaired) electrons. The average molecular weight is 533 g/mol. The molecule has 0 N–H and O–H groups in total. The lowest BCUT2D eigenvalue weighted by Crippen LogP contribution is -2.33. The quantitative estimate of drug-likeness (QED) is 0.189. The molecule has 0 heterocycles. The van der Waals surface area contributed by atoms with Crippen LogP contribution in [-0.4, -0.2) is 55.9 Å². The van der Waals surface area contributed by atoms with Crippen molar-refractivity contribution in [1.29, 1.82) is 0 Å². The van der Waals surface area contributed by atoms with Crippen LogP contribution in [0.2, 0.25) is 5.02 Å². The van der Waals surface area contributed by atoms with E-state index in [1.165, 1.54) is 0 Å².